The Labute approximate surface area is 130 Å². The molecule has 1 aromatic rings. The molecule has 0 atom stereocenters. The molecule has 0 spiro atoms. The summed E-state index contributed by atoms with van der Waals surface area (Å²) in [6.07, 6.45) is 0.620. The summed E-state index contributed by atoms with van der Waals surface area (Å²) in [5.41, 5.74) is 1.42. The van der Waals surface area contributed by atoms with Crippen LogP contribution in [0.4, 0.5) is 14.9 Å². The molecule has 126 valence electrons. The first-order valence-corrected chi connectivity index (χ1v) is 6.75. The number of hydrogen-bond acceptors (Lipinski definition) is 6. The summed E-state index contributed by atoms with van der Waals surface area (Å²) in [6.45, 7) is 4.97. The molecule has 1 aliphatic rings. The summed E-state index contributed by atoms with van der Waals surface area (Å²) in [6, 6.07) is 0. The molecule has 2 amide bonds. The molecule has 0 saturated heterocycles. The standard InChI is InChI=1S/C12H16FN5O5/c1-11(2,3)23-10(20)15-14-9(19)12(4-5-12)17-6-7(18(21)22)8(13)16-17/h6H,4-5H2,1-3H3,(H,14,19)(H,15,20). The molecule has 1 aromatic heterocycles. The summed E-state index contributed by atoms with van der Waals surface area (Å²) < 4.78 is 19.2. The van der Waals surface area contributed by atoms with Crippen molar-refractivity contribution in [2.45, 2.75) is 44.8 Å². The third-order valence-corrected chi connectivity index (χ3v) is 3.11. The molecule has 1 fully saturated rings. The van der Waals surface area contributed by atoms with Crippen molar-refractivity contribution < 1.29 is 23.6 Å². The Morgan fingerprint density at radius 2 is 2.04 bits per heavy atom. The highest BCUT2D eigenvalue weighted by Crippen LogP contribution is 2.44. The monoisotopic (exact) mass is 329 g/mol. The zero-order chi connectivity index (χ0) is 17.4. The van der Waals surface area contributed by atoms with Gasteiger partial charge in [-0.2, -0.15) is 4.39 Å². The minimum absolute atomic E-state index is 0.313. The van der Waals surface area contributed by atoms with Crippen LogP contribution in [0.3, 0.4) is 0 Å². The number of carbonyl (C=O) groups excluding carboxylic acids is 2. The fourth-order valence-electron chi connectivity index (χ4n) is 1.89. The molecule has 23 heavy (non-hydrogen) atoms. The van der Waals surface area contributed by atoms with Crippen molar-refractivity contribution in [1.82, 2.24) is 20.6 Å². The topological polar surface area (TPSA) is 128 Å². The van der Waals surface area contributed by atoms with Gasteiger partial charge in [-0.3, -0.25) is 20.3 Å². The van der Waals surface area contributed by atoms with Gasteiger partial charge in [0.15, 0.2) is 0 Å². The normalized spacial score (nSPS) is 15.7. The fourth-order valence-corrected chi connectivity index (χ4v) is 1.89. The lowest BCUT2D eigenvalue weighted by Crippen LogP contribution is -2.49. The molecule has 0 unspecified atom stereocenters. The van der Waals surface area contributed by atoms with E-state index < -0.39 is 39.7 Å². The lowest BCUT2D eigenvalue weighted by molar-refractivity contribution is -0.387. The van der Waals surface area contributed by atoms with Gasteiger partial charge in [0, 0.05) is 0 Å². The average molecular weight is 329 g/mol. The summed E-state index contributed by atoms with van der Waals surface area (Å²) >= 11 is 0. The van der Waals surface area contributed by atoms with E-state index >= 15 is 0 Å². The predicted octanol–water partition coefficient (Wildman–Crippen LogP) is 0.975. The van der Waals surface area contributed by atoms with E-state index in [1.807, 2.05) is 0 Å². The molecular formula is C12H16FN5O5. The zero-order valence-electron chi connectivity index (χ0n) is 12.8. The van der Waals surface area contributed by atoms with Crippen LogP contribution in [-0.4, -0.2) is 32.3 Å². The van der Waals surface area contributed by atoms with E-state index in [0.717, 1.165) is 10.9 Å². The lowest BCUT2D eigenvalue weighted by Gasteiger charge is -2.21. The summed E-state index contributed by atoms with van der Waals surface area (Å²) in [5, 5.41) is 14.0. The van der Waals surface area contributed by atoms with Crippen molar-refractivity contribution in [3.05, 3.63) is 22.3 Å². The molecule has 1 heterocycles. The van der Waals surface area contributed by atoms with Crippen LogP contribution in [0, 0.1) is 16.1 Å². The maximum Gasteiger partial charge on any atom is 0.426 e. The van der Waals surface area contributed by atoms with Gasteiger partial charge in [0.2, 0.25) is 0 Å². The van der Waals surface area contributed by atoms with E-state index in [-0.39, 0.29) is 0 Å². The second-order valence-corrected chi connectivity index (χ2v) is 6.12. The van der Waals surface area contributed by atoms with Gasteiger partial charge in [0.1, 0.15) is 17.3 Å². The highest BCUT2D eigenvalue weighted by Gasteiger charge is 2.54. The van der Waals surface area contributed by atoms with E-state index in [1.54, 1.807) is 20.8 Å². The Kier molecular flexibility index (Phi) is 3.97. The Hall–Kier alpha value is -2.72. The Morgan fingerprint density at radius 3 is 2.48 bits per heavy atom. The highest BCUT2D eigenvalue weighted by atomic mass is 19.1. The second-order valence-electron chi connectivity index (χ2n) is 6.12. The predicted molar refractivity (Wildman–Crippen MR) is 73.6 cm³/mol. The number of hydrogen-bond donors (Lipinski definition) is 2. The van der Waals surface area contributed by atoms with Gasteiger partial charge >= 0.3 is 17.7 Å². The van der Waals surface area contributed by atoms with E-state index in [2.05, 4.69) is 16.0 Å². The van der Waals surface area contributed by atoms with Crippen molar-refractivity contribution in [1.29, 1.82) is 0 Å². The maximum absolute atomic E-state index is 13.4. The minimum atomic E-state index is -1.27. The summed E-state index contributed by atoms with van der Waals surface area (Å²) in [5.74, 6) is -1.94. The number of carbonyl (C=O) groups is 2. The van der Waals surface area contributed by atoms with Crippen LogP contribution >= 0.6 is 0 Å². The molecule has 0 bridgehead atoms. The molecule has 10 nitrogen and oxygen atoms in total. The van der Waals surface area contributed by atoms with Gasteiger partial charge < -0.3 is 4.74 Å². The number of ether oxygens (including phenoxy) is 1. The van der Waals surface area contributed by atoms with Crippen molar-refractivity contribution >= 4 is 17.7 Å². The number of nitrogens with zero attached hydrogens (tertiary/aromatic N) is 3. The van der Waals surface area contributed by atoms with Crippen LogP contribution in [0.15, 0.2) is 6.20 Å². The van der Waals surface area contributed by atoms with Crippen molar-refractivity contribution in [2.75, 3.05) is 0 Å². The number of nitrogens with one attached hydrogen (secondary N) is 2. The van der Waals surface area contributed by atoms with Gasteiger partial charge in [-0.25, -0.2) is 14.9 Å². The molecular weight excluding hydrogens is 313 g/mol. The largest absolute Gasteiger partial charge is 0.443 e. The first-order valence-electron chi connectivity index (χ1n) is 6.75. The first kappa shape index (κ1) is 16.6. The second kappa shape index (κ2) is 5.48. The maximum atomic E-state index is 13.4. The van der Waals surface area contributed by atoms with Crippen LogP contribution in [0.5, 0.6) is 0 Å². The van der Waals surface area contributed by atoms with Crippen LogP contribution in [0.2, 0.25) is 0 Å². The van der Waals surface area contributed by atoms with E-state index in [1.165, 1.54) is 0 Å². The number of halogens is 1. The van der Waals surface area contributed by atoms with Crippen LogP contribution in [0.1, 0.15) is 33.6 Å². The van der Waals surface area contributed by atoms with Crippen LogP contribution in [0.25, 0.3) is 0 Å². The first-order chi connectivity index (χ1) is 10.5. The Balaban J connectivity index is 2.03. The quantitative estimate of drug-likeness (QED) is 0.628. The number of aromatic nitrogens is 2. The van der Waals surface area contributed by atoms with Gasteiger partial charge in [-0.05, 0) is 33.6 Å². The van der Waals surface area contributed by atoms with Gasteiger partial charge in [-0.15, -0.1) is 5.10 Å². The van der Waals surface area contributed by atoms with Crippen LogP contribution < -0.4 is 10.9 Å². The van der Waals surface area contributed by atoms with E-state index in [9.17, 15) is 24.1 Å². The van der Waals surface area contributed by atoms with E-state index in [0.29, 0.717) is 12.8 Å². The van der Waals surface area contributed by atoms with E-state index in [4.69, 9.17) is 4.74 Å². The number of amides is 2. The van der Waals surface area contributed by atoms with Crippen LogP contribution in [-0.2, 0) is 15.1 Å². The SMILES string of the molecule is CC(C)(C)OC(=O)NNC(=O)C1(n2cc([N+](=O)[O-])c(F)n2)CC1. The highest BCUT2D eigenvalue weighted by molar-refractivity contribution is 5.88. The molecule has 0 aliphatic heterocycles. The third-order valence-electron chi connectivity index (χ3n) is 3.11. The fraction of sp³-hybridized carbons (Fsp3) is 0.583. The average Bonchev–Trinajstić information content (AvgIpc) is 3.11. The van der Waals surface area contributed by atoms with Crippen molar-refractivity contribution in [3.63, 3.8) is 0 Å². The molecule has 0 aromatic carbocycles. The van der Waals surface area contributed by atoms with Crippen molar-refractivity contribution in [2.24, 2.45) is 0 Å². The number of nitro groups is 1. The molecule has 0 radical (unpaired) electrons. The number of hydrazine groups is 1. The zero-order valence-corrected chi connectivity index (χ0v) is 12.8. The molecule has 2 rings (SSSR count). The Morgan fingerprint density at radius 1 is 1.43 bits per heavy atom. The summed E-state index contributed by atoms with van der Waals surface area (Å²) in [4.78, 5) is 33.3. The lowest BCUT2D eigenvalue weighted by atomic mass is 10.2. The van der Waals surface area contributed by atoms with Gasteiger partial charge in [0.25, 0.3) is 5.91 Å². The third kappa shape index (κ3) is 3.55. The molecule has 11 heteroatoms. The molecule has 1 saturated carbocycles. The minimum Gasteiger partial charge on any atom is -0.443 e. The number of rotatable bonds is 3. The van der Waals surface area contributed by atoms with Gasteiger partial charge in [0.05, 0.1) is 4.92 Å². The smallest absolute Gasteiger partial charge is 0.426 e. The van der Waals surface area contributed by atoms with Crippen molar-refractivity contribution in [3.8, 4) is 0 Å². The van der Waals surface area contributed by atoms with Gasteiger partial charge in [-0.1, -0.05) is 0 Å². The molecule has 1 aliphatic carbocycles. The summed E-state index contributed by atoms with van der Waals surface area (Å²) in [7, 11) is 0. The Bertz CT molecular complexity index is 661. The molecule has 2 N–H and O–H groups in total.